The first-order valence-corrected chi connectivity index (χ1v) is 10.3. The Morgan fingerprint density at radius 3 is 2.70 bits per heavy atom. The molecule has 0 atom stereocenters. The van der Waals surface area contributed by atoms with Crippen LogP contribution in [-0.2, 0) is 6.42 Å². The van der Waals surface area contributed by atoms with E-state index >= 15 is 0 Å². The molecule has 30 heavy (non-hydrogen) atoms. The molecule has 1 aromatic carbocycles. The van der Waals surface area contributed by atoms with Gasteiger partial charge in [-0.15, -0.1) is 0 Å². The second-order valence-electron chi connectivity index (χ2n) is 7.12. The van der Waals surface area contributed by atoms with E-state index in [1.54, 1.807) is 12.1 Å². The van der Waals surface area contributed by atoms with E-state index in [4.69, 9.17) is 8.83 Å². The molecule has 0 unspecified atom stereocenters. The molecule has 154 valence electrons. The first-order chi connectivity index (χ1) is 14.4. The summed E-state index contributed by atoms with van der Waals surface area (Å²) in [5.74, 6) is 0.383. The summed E-state index contributed by atoms with van der Waals surface area (Å²) in [5, 5.41) is 7.17. The van der Waals surface area contributed by atoms with Crippen LogP contribution in [0.4, 0.5) is 5.69 Å². The molecule has 1 aliphatic carbocycles. The lowest BCUT2D eigenvalue weighted by Crippen LogP contribution is -2.21. The summed E-state index contributed by atoms with van der Waals surface area (Å²) < 4.78 is 11.8. The Bertz CT molecular complexity index is 1150. The number of furan rings is 2. The highest BCUT2D eigenvalue weighted by Gasteiger charge is 2.28. The molecule has 0 saturated heterocycles. The number of rotatable bonds is 4. The Kier molecular flexibility index (Phi) is 5.59. The fraction of sp³-hybridized carbons (Fsp3) is 0.227. The smallest absolute Gasteiger partial charge is 0.307 e. The summed E-state index contributed by atoms with van der Waals surface area (Å²) in [6.45, 7) is 3.81. The van der Waals surface area contributed by atoms with Gasteiger partial charge in [-0.1, -0.05) is 6.07 Å². The van der Waals surface area contributed by atoms with Crippen molar-refractivity contribution in [2.75, 3.05) is 5.32 Å². The van der Waals surface area contributed by atoms with Crippen molar-refractivity contribution in [2.45, 2.75) is 33.1 Å². The van der Waals surface area contributed by atoms with Gasteiger partial charge in [-0.25, -0.2) is 5.43 Å². The Morgan fingerprint density at radius 1 is 1.13 bits per heavy atom. The predicted molar refractivity (Wildman–Crippen MR) is 116 cm³/mol. The Morgan fingerprint density at radius 2 is 1.97 bits per heavy atom. The number of halogens is 1. The number of aryl methyl sites for hydroxylation is 2. The molecular formula is C22H20BrN3O4. The zero-order valence-electron chi connectivity index (χ0n) is 16.5. The van der Waals surface area contributed by atoms with E-state index in [0.29, 0.717) is 35.6 Å². The topological polar surface area (TPSA) is 96.8 Å². The quantitative estimate of drug-likeness (QED) is 0.526. The maximum atomic E-state index is 12.9. The van der Waals surface area contributed by atoms with Gasteiger partial charge < -0.3 is 14.2 Å². The molecule has 0 radical (unpaired) electrons. The molecule has 0 saturated carbocycles. The third kappa shape index (κ3) is 3.95. The van der Waals surface area contributed by atoms with Crippen molar-refractivity contribution in [3.05, 3.63) is 75.0 Å². The van der Waals surface area contributed by atoms with E-state index in [1.165, 1.54) is 6.26 Å². The lowest BCUT2D eigenvalue weighted by molar-refractivity contribution is 0.0926. The number of anilines is 1. The molecule has 0 spiro atoms. The number of hydrogen-bond acceptors (Lipinski definition) is 5. The maximum Gasteiger partial charge on any atom is 0.307 e. The molecule has 0 bridgehead atoms. The van der Waals surface area contributed by atoms with E-state index < -0.39 is 5.91 Å². The van der Waals surface area contributed by atoms with E-state index in [9.17, 15) is 9.59 Å². The zero-order chi connectivity index (χ0) is 21.3. The standard InChI is InChI=1S/C22H20BrN3O4/c1-12-8-9-15(14(23)11-12)24-22(28)20-13(2)19-16(5-3-6-17(19)30-20)25-26-21(27)18-7-4-10-29-18/h4,7-11H,3,5-6H2,1-2H3,(H,24,28)(H,26,27)/b25-16+. The van der Waals surface area contributed by atoms with Crippen molar-refractivity contribution in [2.24, 2.45) is 5.10 Å². The van der Waals surface area contributed by atoms with Crippen LogP contribution in [0, 0.1) is 13.8 Å². The molecule has 8 heteroatoms. The number of hydrogen-bond donors (Lipinski definition) is 2. The van der Waals surface area contributed by atoms with Gasteiger partial charge in [-0.2, -0.15) is 5.10 Å². The van der Waals surface area contributed by atoms with Crippen LogP contribution in [0.5, 0.6) is 0 Å². The molecular weight excluding hydrogens is 450 g/mol. The summed E-state index contributed by atoms with van der Waals surface area (Å²) in [5.41, 5.74) is 6.45. The van der Waals surface area contributed by atoms with E-state index in [2.05, 4.69) is 31.8 Å². The highest BCUT2D eigenvalue weighted by Crippen LogP contribution is 2.31. The fourth-order valence-electron chi connectivity index (χ4n) is 3.48. The number of benzene rings is 1. The summed E-state index contributed by atoms with van der Waals surface area (Å²) in [4.78, 5) is 25.0. The molecule has 2 aromatic heterocycles. The molecule has 7 nitrogen and oxygen atoms in total. The molecule has 0 aliphatic heterocycles. The maximum absolute atomic E-state index is 12.9. The molecule has 3 aromatic rings. The minimum absolute atomic E-state index is 0.183. The monoisotopic (exact) mass is 469 g/mol. The normalized spacial score (nSPS) is 14.4. The first kappa shape index (κ1) is 20.2. The van der Waals surface area contributed by atoms with E-state index in [-0.39, 0.29) is 17.4 Å². The molecule has 0 fully saturated rings. The van der Waals surface area contributed by atoms with Crippen LogP contribution >= 0.6 is 15.9 Å². The third-order valence-corrected chi connectivity index (χ3v) is 5.60. The summed E-state index contributed by atoms with van der Waals surface area (Å²) >= 11 is 3.47. The first-order valence-electron chi connectivity index (χ1n) is 9.54. The summed E-state index contributed by atoms with van der Waals surface area (Å²) in [6.07, 6.45) is 3.64. The minimum Gasteiger partial charge on any atom is -0.459 e. The van der Waals surface area contributed by atoms with Crippen molar-refractivity contribution in [3.63, 3.8) is 0 Å². The highest BCUT2D eigenvalue weighted by molar-refractivity contribution is 9.10. The van der Waals surface area contributed by atoms with Crippen LogP contribution in [0.25, 0.3) is 0 Å². The summed E-state index contributed by atoms with van der Waals surface area (Å²) in [7, 11) is 0. The van der Waals surface area contributed by atoms with Crippen LogP contribution in [0.1, 0.15) is 56.4 Å². The highest BCUT2D eigenvalue weighted by atomic mass is 79.9. The fourth-order valence-corrected chi connectivity index (χ4v) is 4.07. The number of nitrogens with one attached hydrogen (secondary N) is 2. The largest absolute Gasteiger partial charge is 0.459 e. The van der Waals surface area contributed by atoms with Crippen molar-refractivity contribution in [1.29, 1.82) is 0 Å². The van der Waals surface area contributed by atoms with Gasteiger partial charge in [0.1, 0.15) is 5.76 Å². The van der Waals surface area contributed by atoms with Gasteiger partial charge in [0.2, 0.25) is 0 Å². The van der Waals surface area contributed by atoms with Crippen molar-refractivity contribution in [3.8, 4) is 0 Å². The number of hydrazone groups is 1. The lowest BCUT2D eigenvalue weighted by atomic mass is 9.93. The zero-order valence-corrected chi connectivity index (χ0v) is 18.1. The average Bonchev–Trinajstić information content (AvgIpc) is 3.37. The van der Waals surface area contributed by atoms with E-state index in [0.717, 1.165) is 22.0 Å². The van der Waals surface area contributed by atoms with Gasteiger partial charge in [0.25, 0.3) is 5.91 Å². The molecule has 2 heterocycles. The number of amides is 2. The van der Waals surface area contributed by atoms with Crippen LogP contribution in [0.3, 0.4) is 0 Å². The minimum atomic E-state index is -0.428. The molecule has 2 amide bonds. The van der Waals surface area contributed by atoms with Crippen LogP contribution in [-0.4, -0.2) is 17.5 Å². The number of fused-ring (bicyclic) bond motifs is 1. The average molecular weight is 470 g/mol. The Hall–Kier alpha value is -3.13. The Labute approximate surface area is 181 Å². The number of carbonyl (C=O) groups is 2. The lowest BCUT2D eigenvalue weighted by Gasteiger charge is -2.13. The molecule has 2 N–H and O–H groups in total. The van der Waals surface area contributed by atoms with Crippen LogP contribution in [0.2, 0.25) is 0 Å². The van der Waals surface area contributed by atoms with Gasteiger partial charge >= 0.3 is 5.91 Å². The van der Waals surface area contributed by atoms with Crippen LogP contribution < -0.4 is 10.7 Å². The van der Waals surface area contributed by atoms with E-state index in [1.807, 2.05) is 32.0 Å². The second kappa shape index (κ2) is 8.31. The Balaban J connectivity index is 1.58. The SMILES string of the molecule is Cc1ccc(NC(=O)c2oc3c(c2C)/C(=N/NC(=O)c2ccco2)CCC3)c(Br)c1. The number of carbonyl (C=O) groups excluding carboxylic acids is 2. The van der Waals surface area contributed by atoms with Gasteiger partial charge in [-0.3, -0.25) is 9.59 Å². The third-order valence-electron chi connectivity index (χ3n) is 4.94. The van der Waals surface area contributed by atoms with Crippen LogP contribution in [0.15, 0.2) is 55.0 Å². The van der Waals surface area contributed by atoms with Crippen molar-refractivity contribution in [1.82, 2.24) is 5.43 Å². The van der Waals surface area contributed by atoms with Gasteiger partial charge in [0.15, 0.2) is 11.5 Å². The van der Waals surface area contributed by atoms with Gasteiger partial charge in [0, 0.05) is 22.0 Å². The van der Waals surface area contributed by atoms with Gasteiger partial charge in [0.05, 0.1) is 17.7 Å². The summed E-state index contributed by atoms with van der Waals surface area (Å²) in [6, 6.07) is 8.90. The van der Waals surface area contributed by atoms with Gasteiger partial charge in [-0.05, 0) is 72.4 Å². The van der Waals surface area contributed by atoms with Crippen molar-refractivity contribution >= 4 is 39.1 Å². The number of nitrogens with zero attached hydrogens (tertiary/aromatic N) is 1. The molecule has 1 aliphatic rings. The molecule has 4 rings (SSSR count). The predicted octanol–water partition coefficient (Wildman–Crippen LogP) is 4.97. The second-order valence-corrected chi connectivity index (χ2v) is 7.98. The van der Waals surface area contributed by atoms with Crippen molar-refractivity contribution < 1.29 is 18.4 Å².